The van der Waals surface area contributed by atoms with E-state index in [-0.39, 0.29) is 11.6 Å². The highest BCUT2D eigenvalue weighted by atomic mass is 16.1. The molecule has 1 N–H and O–H groups in total. The van der Waals surface area contributed by atoms with E-state index in [0.717, 1.165) is 49.5 Å². The Hall–Kier alpha value is -2.47. The second-order valence-corrected chi connectivity index (χ2v) is 6.37. The van der Waals surface area contributed by atoms with Gasteiger partial charge in [-0.05, 0) is 31.5 Å². The maximum Gasteiger partial charge on any atom is 0.258 e. The first kappa shape index (κ1) is 15.1. The molecular formula is C18H21N5O. The highest BCUT2D eigenvalue weighted by Crippen LogP contribution is 2.29. The Labute approximate surface area is 140 Å². The Kier molecular flexibility index (Phi) is 3.90. The number of fused-ring (bicyclic) bond motifs is 1. The number of aromatic amines is 1. The minimum atomic E-state index is -0.0495. The van der Waals surface area contributed by atoms with Crippen LogP contribution >= 0.6 is 0 Å². The van der Waals surface area contributed by atoms with Crippen molar-refractivity contribution in [3.8, 4) is 0 Å². The van der Waals surface area contributed by atoms with Crippen molar-refractivity contribution in [3.63, 3.8) is 0 Å². The van der Waals surface area contributed by atoms with Gasteiger partial charge in [-0.25, -0.2) is 9.97 Å². The molecule has 0 aliphatic carbocycles. The maximum absolute atomic E-state index is 12.3. The summed E-state index contributed by atoms with van der Waals surface area (Å²) < 4.78 is 2.06. The molecule has 1 aliphatic rings. The number of rotatable bonds is 4. The number of nitrogens with zero attached hydrogens (tertiary/aromatic N) is 4. The molecule has 0 bridgehead atoms. The molecule has 1 fully saturated rings. The third-order valence-electron chi connectivity index (χ3n) is 4.85. The van der Waals surface area contributed by atoms with Crippen LogP contribution in [0.3, 0.4) is 0 Å². The van der Waals surface area contributed by atoms with Crippen LogP contribution in [0.4, 0.5) is 0 Å². The van der Waals surface area contributed by atoms with Crippen LogP contribution in [-0.2, 0) is 13.5 Å². The number of aryl methyl sites for hydroxylation is 1. The lowest BCUT2D eigenvalue weighted by atomic mass is 10.2. The molecule has 0 radical (unpaired) electrons. The SMILES string of the molecule is Cn1ccnc1CCN1CCCC1c1nc2ccccc2c(=O)[nH]1. The molecule has 1 saturated heterocycles. The number of para-hydroxylation sites is 1. The third-order valence-corrected chi connectivity index (χ3v) is 4.85. The highest BCUT2D eigenvalue weighted by Gasteiger charge is 2.28. The predicted octanol–water partition coefficient (Wildman–Crippen LogP) is 2.04. The van der Waals surface area contributed by atoms with Crippen LogP contribution in [0.5, 0.6) is 0 Å². The number of hydrogen-bond acceptors (Lipinski definition) is 4. The molecule has 4 rings (SSSR count). The van der Waals surface area contributed by atoms with Crippen molar-refractivity contribution in [2.24, 2.45) is 7.05 Å². The summed E-state index contributed by atoms with van der Waals surface area (Å²) >= 11 is 0. The van der Waals surface area contributed by atoms with Gasteiger partial charge in [0, 0.05) is 32.4 Å². The second-order valence-electron chi connectivity index (χ2n) is 6.37. The molecule has 0 spiro atoms. The van der Waals surface area contributed by atoms with Crippen molar-refractivity contribution < 1.29 is 0 Å². The Morgan fingerprint density at radius 1 is 1.33 bits per heavy atom. The first-order valence-corrected chi connectivity index (χ1v) is 8.41. The van der Waals surface area contributed by atoms with Crippen LogP contribution in [0.2, 0.25) is 0 Å². The molecule has 3 aromatic rings. The lowest BCUT2D eigenvalue weighted by Crippen LogP contribution is -2.29. The van der Waals surface area contributed by atoms with Crippen molar-refractivity contribution in [2.45, 2.75) is 25.3 Å². The summed E-state index contributed by atoms with van der Waals surface area (Å²) in [6.45, 7) is 1.96. The van der Waals surface area contributed by atoms with Gasteiger partial charge in [0.2, 0.25) is 0 Å². The van der Waals surface area contributed by atoms with E-state index in [4.69, 9.17) is 4.98 Å². The fourth-order valence-electron chi connectivity index (χ4n) is 3.55. The summed E-state index contributed by atoms with van der Waals surface area (Å²) in [7, 11) is 2.02. The van der Waals surface area contributed by atoms with E-state index in [9.17, 15) is 4.79 Å². The zero-order chi connectivity index (χ0) is 16.5. The lowest BCUT2D eigenvalue weighted by Gasteiger charge is -2.23. The molecule has 6 nitrogen and oxygen atoms in total. The molecule has 6 heteroatoms. The van der Waals surface area contributed by atoms with E-state index >= 15 is 0 Å². The van der Waals surface area contributed by atoms with Crippen LogP contribution < -0.4 is 5.56 Å². The summed E-state index contributed by atoms with van der Waals surface area (Å²) in [5, 5.41) is 0.652. The van der Waals surface area contributed by atoms with Gasteiger partial charge in [0.25, 0.3) is 5.56 Å². The smallest absolute Gasteiger partial charge is 0.258 e. The van der Waals surface area contributed by atoms with Gasteiger partial charge in [0.05, 0.1) is 16.9 Å². The Morgan fingerprint density at radius 2 is 2.21 bits per heavy atom. The van der Waals surface area contributed by atoms with Gasteiger partial charge in [0.15, 0.2) is 0 Å². The molecule has 24 heavy (non-hydrogen) atoms. The molecule has 1 atom stereocenters. The van der Waals surface area contributed by atoms with Crippen LogP contribution in [0.1, 0.15) is 30.5 Å². The molecule has 0 saturated carbocycles. The number of benzene rings is 1. The number of H-pyrrole nitrogens is 1. The van der Waals surface area contributed by atoms with Gasteiger partial charge < -0.3 is 9.55 Å². The fraction of sp³-hybridized carbons (Fsp3) is 0.389. The van der Waals surface area contributed by atoms with Crippen LogP contribution in [-0.4, -0.2) is 37.5 Å². The van der Waals surface area contributed by atoms with Gasteiger partial charge in [-0.15, -0.1) is 0 Å². The second kappa shape index (κ2) is 6.20. The lowest BCUT2D eigenvalue weighted by molar-refractivity contribution is 0.249. The average molecular weight is 323 g/mol. The Bertz CT molecular complexity index is 913. The standard InChI is InChI=1S/C18H21N5O/c1-22-12-9-19-16(22)8-11-23-10-4-7-15(23)17-20-14-6-3-2-5-13(14)18(24)21-17/h2-3,5-6,9,12,15H,4,7-8,10-11H2,1H3,(H,20,21,24). The zero-order valence-corrected chi connectivity index (χ0v) is 13.8. The topological polar surface area (TPSA) is 66.8 Å². The number of imidazole rings is 1. The molecule has 2 aromatic heterocycles. The normalized spacial score (nSPS) is 18.5. The van der Waals surface area contributed by atoms with Crippen LogP contribution in [0.25, 0.3) is 10.9 Å². The number of hydrogen-bond donors (Lipinski definition) is 1. The fourth-order valence-corrected chi connectivity index (χ4v) is 3.55. The van der Waals surface area contributed by atoms with Crippen LogP contribution in [0.15, 0.2) is 41.5 Å². The maximum atomic E-state index is 12.3. The first-order chi connectivity index (χ1) is 11.7. The molecule has 1 aromatic carbocycles. The van der Waals surface area contributed by atoms with Gasteiger partial charge >= 0.3 is 0 Å². The number of likely N-dealkylation sites (tertiary alicyclic amines) is 1. The van der Waals surface area contributed by atoms with Gasteiger partial charge in [-0.3, -0.25) is 9.69 Å². The highest BCUT2D eigenvalue weighted by molar-refractivity contribution is 5.77. The van der Waals surface area contributed by atoms with Crippen molar-refractivity contribution in [3.05, 3.63) is 58.7 Å². The average Bonchev–Trinajstić information content (AvgIpc) is 3.21. The molecular weight excluding hydrogens is 302 g/mol. The predicted molar refractivity (Wildman–Crippen MR) is 92.8 cm³/mol. The summed E-state index contributed by atoms with van der Waals surface area (Å²) in [4.78, 5) is 26.8. The van der Waals surface area contributed by atoms with E-state index in [2.05, 4.69) is 19.4 Å². The van der Waals surface area contributed by atoms with Gasteiger partial charge in [-0.1, -0.05) is 12.1 Å². The largest absolute Gasteiger partial charge is 0.338 e. The summed E-state index contributed by atoms with van der Waals surface area (Å²) in [6, 6.07) is 7.70. The number of aromatic nitrogens is 4. The van der Waals surface area contributed by atoms with Gasteiger partial charge in [0.1, 0.15) is 11.6 Å². The quantitative estimate of drug-likeness (QED) is 0.798. The minimum Gasteiger partial charge on any atom is -0.338 e. The molecule has 0 amide bonds. The van der Waals surface area contributed by atoms with Crippen molar-refractivity contribution >= 4 is 10.9 Å². The summed E-state index contributed by atoms with van der Waals surface area (Å²) in [6.07, 6.45) is 6.86. The zero-order valence-electron chi connectivity index (χ0n) is 13.8. The Balaban J connectivity index is 1.58. The van der Waals surface area contributed by atoms with E-state index in [1.807, 2.05) is 43.7 Å². The first-order valence-electron chi connectivity index (χ1n) is 8.41. The van der Waals surface area contributed by atoms with Gasteiger partial charge in [-0.2, -0.15) is 0 Å². The Morgan fingerprint density at radius 3 is 3.04 bits per heavy atom. The molecule has 124 valence electrons. The van der Waals surface area contributed by atoms with Crippen molar-refractivity contribution in [1.29, 1.82) is 0 Å². The monoisotopic (exact) mass is 323 g/mol. The van der Waals surface area contributed by atoms with Crippen molar-refractivity contribution in [2.75, 3.05) is 13.1 Å². The summed E-state index contributed by atoms with van der Waals surface area (Å²) in [5.74, 6) is 1.87. The third kappa shape index (κ3) is 2.73. The van der Waals surface area contributed by atoms with E-state index in [1.165, 1.54) is 0 Å². The summed E-state index contributed by atoms with van der Waals surface area (Å²) in [5.41, 5.74) is 0.721. The van der Waals surface area contributed by atoms with Crippen molar-refractivity contribution in [1.82, 2.24) is 24.4 Å². The molecule has 3 heterocycles. The number of nitrogens with one attached hydrogen (secondary N) is 1. The van der Waals surface area contributed by atoms with Crippen LogP contribution in [0, 0.1) is 0 Å². The minimum absolute atomic E-state index is 0.0495. The van der Waals surface area contributed by atoms with E-state index in [1.54, 1.807) is 0 Å². The molecule has 1 aliphatic heterocycles. The molecule has 1 unspecified atom stereocenters. The van der Waals surface area contributed by atoms with E-state index in [0.29, 0.717) is 5.39 Å². The van der Waals surface area contributed by atoms with E-state index < -0.39 is 0 Å².